The molecule has 1 N–H and O–H groups in total. The van der Waals surface area contributed by atoms with Crippen LogP contribution in [0.1, 0.15) is 50.6 Å². The van der Waals surface area contributed by atoms with Gasteiger partial charge in [-0.05, 0) is 51.8 Å². The lowest BCUT2D eigenvalue weighted by atomic mass is 9.82. The van der Waals surface area contributed by atoms with Gasteiger partial charge >= 0.3 is 0 Å². The van der Waals surface area contributed by atoms with Crippen LogP contribution in [-0.2, 0) is 0 Å². The predicted octanol–water partition coefficient (Wildman–Crippen LogP) is 3.63. The maximum atomic E-state index is 13.9. The van der Waals surface area contributed by atoms with Crippen molar-refractivity contribution in [2.24, 2.45) is 0 Å². The molecule has 0 aliphatic carbocycles. The summed E-state index contributed by atoms with van der Waals surface area (Å²) < 4.78 is 27.7. The number of hydrogen-bond acceptors (Lipinski definition) is 2. The van der Waals surface area contributed by atoms with Gasteiger partial charge in [0.1, 0.15) is 11.6 Å². The average Bonchev–Trinajstić information content (AvgIpc) is 2.39. The van der Waals surface area contributed by atoms with Crippen molar-refractivity contribution in [3.8, 4) is 0 Å². The van der Waals surface area contributed by atoms with Gasteiger partial charge in [0, 0.05) is 29.7 Å². The molecule has 3 rings (SSSR count). The minimum absolute atomic E-state index is 0.168. The molecule has 2 aliphatic heterocycles. The minimum atomic E-state index is -0.455. The number of hydrogen-bond donors (Lipinski definition) is 1. The van der Waals surface area contributed by atoms with E-state index in [0.29, 0.717) is 18.1 Å². The molecule has 21 heavy (non-hydrogen) atoms. The first-order valence-electron chi connectivity index (χ1n) is 7.98. The Morgan fingerprint density at radius 2 is 1.71 bits per heavy atom. The van der Waals surface area contributed by atoms with Crippen molar-refractivity contribution in [2.45, 2.75) is 63.2 Å². The summed E-state index contributed by atoms with van der Waals surface area (Å²) in [5, 5.41) is 3.46. The molecule has 2 saturated heterocycles. The van der Waals surface area contributed by atoms with Gasteiger partial charge < -0.3 is 10.2 Å². The van der Waals surface area contributed by atoms with Crippen molar-refractivity contribution in [1.29, 1.82) is 0 Å². The SMILES string of the molecule is CC(NC1CC2CCCC(C1)N2C)c1c(F)cccc1F. The molecule has 0 aromatic heterocycles. The van der Waals surface area contributed by atoms with Gasteiger partial charge in [-0.25, -0.2) is 8.78 Å². The van der Waals surface area contributed by atoms with Crippen LogP contribution >= 0.6 is 0 Å². The molecule has 4 heteroatoms. The Bertz CT molecular complexity index is 471. The molecule has 1 aromatic rings. The number of piperidine rings is 2. The van der Waals surface area contributed by atoms with E-state index in [1.54, 1.807) is 0 Å². The number of nitrogens with zero attached hydrogens (tertiary/aromatic N) is 1. The van der Waals surface area contributed by atoms with Crippen LogP contribution in [0.3, 0.4) is 0 Å². The Morgan fingerprint density at radius 1 is 1.14 bits per heavy atom. The molecule has 2 aliphatic rings. The topological polar surface area (TPSA) is 15.3 Å². The van der Waals surface area contributed by atoms with Crippen molar-refractivity contribution >= 4 is 0 Å². The van der Waals surface area contributed by atoms with Crippen molar-refractivity contribution in [3.05, 3.63) is 35.4 Å². The van der Waals surface area contributed by atoms with E-state index in [-0.39, 0.29) is 11.6 Å². The molecule has 0 spiro atoms. The van der Waals surface area contributed by atoms with E-state index in [9.17, 15) is 8.78 Å². The van der Waals surface area contributed by atoms with Gasteiger partial charge in [0.2, 0.25) is 0 Å². The summed E-state index contributed by atoms with van der Waals surface area (Å²) in [5.74, 6) is -0.911. The highest BCUT2D eigenvalue weighted by molar-refractivity contribution is 5.23. The summed E-state index contributed by atoms with van der Waals surface area (Å²) in [5.41, 5.74) is 0.168. The molecule has 2 bridgehead atoms. The second-order valence-electron chi connectivity index (χ2n) is 6.60. The van der Waals surface area contributed by atoms with Gasteiger partial charge in [-0.3, -0.25) is 0 Å². The van der Waals surface area contributed by atoms with Crippen molar-refractivity contribution in [1.82, 2.24) is 10.2 Å². The highest BCUT2D eigenvalue weighted by Crippen LogP contribution is 2.33. The molecule has 116 valence electrons. The molecule has 0 saturated carbocycles. The monoisotopic (exact) mass is 294 g/mol. The van der Waals surface area contributed by atoms with Gasteiger partial charge in [0.15, 0.2) is 0 Å². The van der Waals surface area contributed by atoms with E-state index >= 15 is 0 Å². The second-order valence-corrected chi connectivity index (χ2v) is 6.60. The average molecular weight is 294 g/mol. The van der Waals surface area contributed by atoms with Crippen LogP contribution in [0.4, 0.5) is 8.78 Å². The first-order valence-corrected chi connectivity index (χ1v) is 7.98. The Hall–Kier alpha value is -1.00. The molecule has 3 unspecified atom stereocenters. The molecular formula is C17H24F2N2. The van der Waals surface area contributed by atoms with Crippen molar-refractivity contribution in [3.63, 3.8) is 0 Å². The van der Waals surface area contributed by atoms with Gasteiger partial charge in [-0.1, -0.05) is 12.5 Å². The third-order valence-corrected chi connectivity index (χ3v) is 5.26. The highest BCUT2D eigenvalue weighted by atomic mass is 19.1. The maximum Gasteiger partial charge on any atom is 0.130 e. The minimum Gasteiger partial charge on any atom is -0.307 e. The molecule has 2 nitrogen and oxygen atoms in total. The van der Waals surface area contributed by atoms with Crippen LogP contribution < -0.4 is 5.32 Å². The normalized spacial score (nSPS) is 31.1. The summed E-state index contributed by atoms with van der Waals surface area (Å²) in [4.78, 5) is 2.50. The van der Waals surface area contributed by atoms with E-state index in [4.69, 9.17) is 0 Å². The van der Waals surface area contributed by atoms with E-state index in [1.165, 1.54) is 37.5 Å². The zero-order chi connectivity index (χ0) is 15.0. The number of nitrogens with one attached hydrogen (secondary N) is 1. The summed E-state index contributed by atoms with van der Waals surface area (Å²) in [7, 11) is 2.21. The van der Waals surface area contributed by atoms with Crippen molar-refractivity contribution < 1.29 is 8.78 Å². The number of rotatable bonds is 3. The second kappa shape index (κ2) is 6.01. The largest absolute Gasteiger partial charge is 0.307 e. The lowest BCUT2D eigenvalue weighted by Crippen LogP contribution is -2.54. The van der Waals surface area contributed by atoms with Crippen LogP contribution in [0.15, 0.2) is 18.2 Å². The van der Waals surface area contributed by atoms with Gasteiger partial charge in [0.25, 0.3) is 0 Å². The molecule has 0 radical (unpaired) electrons. The summed E-state index contributed by atoms with van der Waals surface area (Å²) >= 11 is 0. The first-order chi connectivity index (χ1) is 10.1. The van der Waals surface area contributed by atoms with E-state index in [1.807, 2.05) is 6.92 Å². The lowest BCUT2D eigenvalue weighted by Gasteiger charge is -2.47. The fourth-order valence-electron chi connectivity index (χ4n) is 4.11. The van der Waals surface area contributed by atoms with Gasteiger partial charge in [0.05, 0.1) is 0 Å². The first kappa shape index (κ1) is 14.9. The smallest absolute Gasteiger partial charge is 0.130 e. The van der Waals surface area contributed by atoms with Crippen LogP contribution in [-0.4, -0.2) is 30.1 Å². The third kappa shape index (κ3) is 2.97. The Labute approximate surface area is 125 Å². The van der Waals surface area contributed by atoms with Crippen LogP contribution in [0.25, 0.3) is 0 Å². The summed E-state index contributed by atoms with van der Waals surface area (Å²) in [6.07, 6.45) is 5.95. The van der Waals surface area contributed by atoms with E-state index < -0.39 is 11.6 Å². The standard InChI is InChI=1S/C17H24F2N2/c1-11(17-15(18)7-4-8-16(17)19)20-12-9-13-5-3-6-14(10-12)21(13)2/h4,7-8,11-14,20H,3,5-6,9-10H2,1-2H3. The Morgan fingerprint density at radius 3 is 2.29 bits per heavy atom. The summed E-state index contributed by atoms with van der Waals surface area (Å²) in [6.45, 7) is 1.86. The Balaban J connectivity index is 1.69. The number of fused-ring (bicyclic) bond motifs is 2. The lowest BCUT2D eigenvalue weighted by molar-refractivity contribution is 0.0461. The van der Waals surface area contributed by atoms with Gasteiger partial charge in [-0.15, -0.1) is 0 Å². The fourth-order valence-corrected chi connectivity index (χ4v) is 4.11. The van der Waals surface area contributed by atoms with E-state index in [2.05, 4.69) is 17.3 Å². The number of benzene rings is 1. The molecule has 2 heterocycles. The number of halogens is 2. The van der Waals surface area contributed by atoms with Crippen molar-refractivity contribution in [2.75, 3.05) is 7.05 Å². The van der Waals surface area contributed by atoms with Crippen LogP contribution in [0, 0.1) is 11.6 Å². The fraction of sp³-hybridized carbons (Fsp3) is 0.647. The molecule has 2 fully saturated rings. The molecule has 0 amide bonds. The zero-order valence-corrected chi connectivity index (χ0v) is 12.8. The van der Waals surface area contributed by atoms with Gasteiger partial charge in [-0.2, -0.15) is 0 Å². The van der Waals surface area contributed by atoms with E-state index in [0.717, 1.165) is 12.8 Å². The van der Waals surface area contributed by atoms with Crippen LogP contribution in [0.5, 0.6) is 0 Å². The highest BCUT2D eigenvalue weighted by Gasteiger charge is 2.36. The molecular weight excluding hydrogens is 270 g/mol. The summed E-state index contributed by atoms with van der Waals surface area (Å²) in [6, 6.07) is 5.38. The third-order valence-electron chi connectivity index (χ3n) is 5.26. The van der Waals surface area contributed by atoms with Crippen LogP contribution in [0.2, 0.25) is 0 Å². The quantitative estimate of drug-likeness (QED) is 0.916. The predicted molar refractivity (Wildman–Crippen MR) is 80.1 cm³/mol. The zero-order valence-electron chi connectivity index (χ0n) is 12.8. The Kier molecular flexibility index (Phi) is 4.27. The molecule has 3 atom stereocenters. The maximum absolute atomic E-state index is 13.9. The molecule has 1 aromatic carbocycles.